The molecule has 1 rings (SSSR count). The summed E-state index contributed by atoms with van der Waals surface area (Å²) in [6.45, 7) is 5.81. The van der Waals surface area contributed by atoms with Gasteiger partial charge in [0.1, 0.15) is 0 Å². The lowest BCUT2D eigenvalue weighted by molar-refractivity contribution is 0.922. The van der Waals surface area contributed by atoms with Crippen LogP contribution >= 0.6 is 0 Å². The van der Waals surface area contributed by atoms with Crippen LogP contribution in [0.4, 0.5) is 0 Å². The number of nitrogens with zero attached hydrogens (tertiary/aromatic N) is 1. The van der Waals surface area contributed by atoms with E-state index in [1.54, 1.807) is 0 Å². The zero-order valence-corrected chi connectivity index (χ0v) is 7.88. The minimum atomic E-state index is 0.531. The molecule has 1 aromatic rings. The van der Waals surface area contributed by atoms with E-state index in [0.717, 1.165) is 18.4 Å². The summed E-state index contributed by atoms with van der Waals surface area (Å²) < 4.78 is 0. The first-order valence-corrected chi connectivity index (χ1v) is 4.46. The van der Waals surface area contributed by atoms with E-state index in [0.29, 0.717) is 5.57 Å². The van der Waals surface area contributed by atoms with Crippen molar-refractivity contribution in [3.05, 3.63) is 42.0 Å². The molecule has 0 radical (unpaired) electrons. The molecule has 1 heteroatoms. The molecular formula is C12H13N. The van der Waals surface area contributed by atoms with Crippen molar-refractivity contribution in [1.82, 2.24) is 0 Å². The van der Waals surface area contributed by atoms with Crippen LogP contribution in [0, 0.1) is 11.3 Å². The molecule has 0 aliphatic carbocycles. The van der Waals surface area contributed by atoms with Gasteiger partial charge in [0.15, 0.2) is 0 Å². The third-order valence-corrected chi connectivity index (χ3v) is 1.98. The maximum absolute atomic E-state index is 8.61. The summed E-state index contributed by atoms with van der Waals surface area (Å²) in [6, 6.07) is 10.1. The molecule has 1 aromatic carbocycles. The second kappa shape index (κ2) is 4.47. The maximum atomic E-state index is 8.61. The number of rotatable bonds is 3. The number of allylic oxidation sites excluding steroid dienone is 1. The molecule has 0 aliphatic rings. The highest BCUT2D eigenvalue weighted by Gasteiger charge is 1.96. The Bertz CT molecular complexity index is 327. The average molecular weight is 171 g/mol. The quantitative estimate of drug-likeness (QED) is 0.641. The smallest absolute Gasteiger partial charge is 0.0991 e. The third kappa shape index (κ3) is 2.45. The number of aryl methyl sites for hydroxylation is 1. The summed E-state index contributed by atoms with van der Waals surface area (Å²) in [5, 5.41) is 8.61. The van der Waals surface area contributed by atoms with E-state index in [4.69, 9.17) is 5.26 Å². The number of benzene rings is 1. The van der Waals surface area contributed by atoms with Gasteiger partial charge in [-0.1, -0.05) is 44.2 Å². The third-order valence-electron chi connectivity index (χ3n) is 1.98. The van der Waals surface area contributed by atoms with Crippen molar-refractivity contribution in [3.8, 4) is 6.07 Å². The Hall–Kier alpha value is -1.55. The van der Waals surface area contributed by atoms with Crippen LogP contribution in [0.3, 0.4) is 0 Å². The summed E-state index contributed by atoms with van der Waals surface area (Å²) >= 11 is 0. The lowest BCUT2D eigenvalue weighted by atomic mass is 10.0. The first-order chi connectivity index (χ1) is 6.27. The molecule has 13 heavy (non-hydrogen) atoms. The summed E-state index contributed by atoms with van der Waals surface area (Å²) in [5.74, 6) is 0. The summed E-state index contributed by atoms with van der Waals surface area (Å²) in [5.41, 5.74) is 2.77. The van der Waals surface area contributed by atoms with Gasteiger partial charge in [-0.25, -0.2) is 0 Å². The van der Waals surface area contributed by atoms with Crippen LogP contribution in [0.15, 0.2) is 30.8 Å². The monoisotopic (exact) mass is 171 g/mol. The molecular weight excluding hydrogens is 158 g/mol. The number of nitriles is 1. The van der Waals surface area contributed by atoms with Crippen LogP contribution in [0.1, 0.15) is 24.5 Å². The lowest BCUT2D eigenvalue weighted by Crippen LogP contribution is -1.84. The van der Waals surface area contributed by atoms with Gasteiger partial charge >= 0.3 is 0 Å². The van der Waals surface area contributed by atoms with Crippen molar-refractivity contribution >= 4 is 5.57 Å². The lowest BCUT2D eigenvalue weighted by Gasteiger charge is -2.00. The van der Waals surface area contributed by atoms with E-state index in [-0.39, 0.29) is 0 Å². The fraction of sp³-hybridized carbons (Fsp3) is 0.250. The molecule has 0 spiro atoms. The largest absolute Gasteiger partial charge is 0.192 e. The van der Waals surface area contributed by atoms with Gasteiger partial charge in [-0.3, -0.25) is 0 Å². The molecule has 0 bridgehead atoms. The second-order valence-electron chi connectivity index (χ2n) is 3.04. The topological polar surface area (TPSA) is 23.8 Å². The van der Waals surface area contributed by atoms with Gasteiger partial charge in [0.05, 0.1) is 11.6 Å². The SMILES string of the molecule is C=C(C#N)c1ccc(CCC)cc1. The van der Waals surface area contributed by atoms with Gasteiger partial charge in [-0.2, -0.15) is 5.26 Å². The molecule has 0 saturated heterocycles. The molecule has 0 unspecified atom stereocenters. The molecule has 0 N–H and O–H groups in total. The van der Waals surface area contributed by atoms with Crippen LogP contribution in [-0.4, -0.2) is 0 Å². The standard InChI is InChI=1S/C12H13N/c1-3-4-11-5-7-12(8-6-11)10(2)9-13/h5-8H,2-4H2,1H3. The van der Waals surface area contributed by atoms with Crippen molar-refractivity contribution in [1.29, 1.82) is 5.26 Å². The molecule has 0 amide bonds. The van der Waals surface area contributed by atoms with E-state index in [1.807, 2.05) is 18.2 Å². The summed E-state index contributed by atoms with van der Waals surface area (Å²) in [4.78, 5) is 0. The van der Waals surface area contributed by atoms with E-state index < -0.39 is 0 Å². The first-order valence-electron chi connectivity index (χ1n) is 4.46. The highest BCUT2D eigenvalue weighted by Crippen LogP contribution is 2.13. The van der Waals surface area contributed by atoms with Crippen molar-refractivity contribution < 1.29 is 0 Å². The zero-order chi connectivity index (χ0) is 9.68. The normalized spacial score (nSPS) is 9.23. The Balaban J connectivity index is 2.82. The number of hydrogen-bond acceptors (Lipinski definition) is 1. The zero-order valence-electron chi connectivity index (χ0n) is 7.88. The van der Waals surface area contributed by atoms with Crippen molar-refractivity contribution in [3.63, 3.8) is 0 Å². The Morgan fingerprint density at radius 1 is 1.38 bits per heavy atom. The number of hydrogen-bond donors (Lipinski definition) is 0. The molecule has 0 saturated carbocycles. The van der Waals surface area contributed by atoms with Crippen LogP contribution in [0.5, 0.6) is 0 Å². The average Bonchev–Trinajstić information content (AvgIpc) is 2.18. The fourth-order valence-electron chi connectivity index (χ4n) is 1.23. The van der Waals surface area contributed by atoms with Gasteiger partial charge < -0.3 is 0 Å². The Kier molecular flexibility index (Phi) is 3.28. The molecule has 0 aromatic heterocycles. The van der Waals surface area contributed by atoms with Crippen LogP contribution in [0.25, 0.3) is 5.57 Å². The van der Waals surface area contributed by atoms with E-state index in [1.165, 1.54) is 5.56 Å². The van der Waals surface area contributed by atoms with Gasteiger partial charge in [0, 0.05) is 0 Å². The second-order valence-corrected chi connectivity index (χ2v) is 3.04. The van der Waals surface area contributed by atoms with E-state index in [2.05, 4.69) is 25.6 Å². The predicted octanol–water partition coefficient (Wildman–Crippen LogP) is 3.18. The van der Waals surface area contributed by atoms with Crippen LogP contribution in [-0.2, 0) is 6.42 Å². The highest BCUT2D eigenvalue weighted by molar-refractivity contribution is 5.74. The van der Waals surface area contributed by atoms with Crippen molar-refractivity contribution in [2.75, 3.05) is 0 Å². The maximum Gasteiger partial charge on any atom is 0.0991 e. The molecule has 66 valence electrons. The summed E-state index contributed by atoms with van der Waals surface area (Å²) in [7, 11) is 0. The molecule has 0 fully saturated rings. The van der Waals surface area contributed by atoms with Gasteiger partial charge in [-0.15, -0.1) is 0 Å². The van der Waals surface area contributed by atoms with Crippen LogP contribution < -0.4 is 0 Å². The first kappa shape index (κ1) is 9.54. The Morgan fingerprint density at radius 3 is 2.46 bits per heavy atom. The van der Waals surface area contributed by atoms with Gasteiger partial charge in [-0.05, 0) is 17.5 Å². The predicted molar refractivity (Wildman–Crippen MR) is 55.1 cm³/mol. The van der Waals surface area contributed by atoms with Gasteiger partial charge in [0.25, 0.3) is 0 Å². The fourth-order valence-corrected chi connectivity index (χ4v) is 1.23. The molecule has 0 aliphatic heterocycles. The van der Waals surface area contributed by atoms with E-state index in [9.17, 15) is 0 Å². The van der Waals surface area contributed by atoms with Gasteiger partial charge in [0.2, 0.25) is 0 Å². The Labute approximate surface area is 79.3 Å². The van der Waals surface area contributed by atoms with Crippen molar-refractivity contribution in [2.24, 2.45) is 0 Å². The minimum absolute atomic E-state index is 0.531. The molecule has 1 nitrogen and oxygen atoms in total. The molecule has 0 atom stereocenters. The summed E-state index contributed by atoms with van der Waals surface area (Å²) in [6.07, 6.45) is 2.25. The molecule has 0 heterocycles. The minimum Gasteiger partial charge on any atom is -0.192 e. The van der Waals surface area contributed by atoms with E-state index >= 15 is 0 Å². The highest BCUT2D eigenvalue weighted by atomic mass is 14.2. The van der Waals surface area contributed by atoms with Crippen molar-refractivity contribution in [2.45, 2.75) is 19.8 Å². The van der Waals surface area contributed by atoms with Crippen LogP contribution in [0.2, 0.25) is 0 Å². The Morgan fingerprint density at radius 2 is 2.00 bits per heavy atom.